The summed E-state index contributed by atoms with van der Waals surface area (Å²) in [5.74, 6) is 0.398. The number of piperidine rings is 2. The summed E-state index contributed by atoms with van der Waals surface area (Å²) in [6, 6.07) is 0.371. The van der Waals surface area contributed by atoms with Gasteiger partial charge >= 0.3 is 6.03 Å². The molecular weight excluding hydrogens is 404 g/mol. The first-order chi connectivity index (χ1) is 15.1. The molecular formula is C25H39N4O3+. The zero-order valence-corrected chi connectivity index (χ0v) is 20.0. The van der Waals surface area contributed by atoms with Gasteiger partial charge in [-0.3, -0.25) is 19.8 Å². The molecule has 32 heavy (non-hydrogen) atoms. The Labute approximate surface area is 191 Å². The van der Waals surface area contributed by atoms with Crippen LogP contribution < -0.4 is 10.6 Å². The molecule has 1 spiro atoms. The number of carbonyl (C=O) groups is 3. The Hall–Kier alpha value is -1.47. The number of fused-ring (bicyclic) bond motifs is 9. The fourth-order valence-corrected chi connectivity index (χ4v) is 9.74. The number of hydrogen-bond donors (Lipinski definition) is 2. The molecule has 4 heterocycles. The molecule has 7 heteroatoms. The number of amides is 4. The average Bonchev–Trinajstić information content (AvgIpc) is 2.95. The monoisotopic (exact) mass is 443 g/mol. The zero-order chi connectivity index (χ0) is 22.6. The summed E-state index contributed by atoms with van der Waals surface area (Å²) in [4.78, 5) is 43.8. The van der Waals surface area contributed by atoms with Gasteiger partial charge in [-0.15, -0.1) is 0 Å². The summed E-state index contributed by atoms with van der Waals surface area (Å²) in [7, 11) is 1.54. The van der Waals surface area contributed by atoms with Crippen molar-refractivity contribution in [3.63, 3.8) is 0 Å². The maximum absolute atomic E-state index is 13.9. The van der Waals surface area contributed by atoms with Crippen molar-refractivity contribution in [3.8, 4) is 0 Å². The quantitative estimate of drug-likeness (QED) is 0.559. The van der Waals surface area contributed by atoms with Crippen LogP contribution in [0.15, 0.2) is 0 Å². The molecule has 0 aromatic heterocycles. The SMILES string of the molecule is CN1C(=O)NC(=O)[C@@]2(CC3CC4CCCCC4[NH2+]C3N3[C@@H]4CC(C)(C)C[C@@](C)(C4)[C@H]32)C1=O. The van der Waals surface area contributed by atoms with E-state index in [4.69, 9.17) is 0 Å². The number of urea groups is 1. The fraction of sp³-hybridized carbons (Fsp3) is 0.880. The Morgan fingerprint density at radius 1 is 1.00 bits per heavy atom. The van der Waals surface area contributed by atoms with Gasteiger partial charge in [0.05, 0.1) is 6.04 Å². The predicted molar refractivity (Wildman–Crippen MR) is 118 cm³/mol. The minimum Gasteiger partial charge on any atom is -0.328 e. The lowest BCUT2D eigenvalue weighted by Gasteiger charge is -2.58. The Morgan fingerprint density at radius 2 is 1.75 bits per heavy atom. The number of barbiturate groups is 1. The van der Waals surface area contributed by atoms with Gasteiger partial charge in [-0.1, -0.05) is 27.2 Å². The van der Waals surface area contributed by atoms with E-state index in [0.717, 1.165) is 25.7 Å². The van der Waals surface area contributed by atoms with E-state index >= 15 is 0 Å². The molecule has 0 radical (unpaired) electrons. The highest BCUT2D eigenvalue weighted by Gasteiger charge is 2.74. The minimum absolute atomic E-state index is 0.108. The van der Waals surface area contributed by atoms with Gasteiger partial charge < -0.3 is 5.32 Å². The third-order valence-corrected chi connectivity index (χ3v) is 10.3. The highest BCUT2D eigenvalue weighted by Crippen LogP contribution is 2.64. The number of carbonyl (C=O) groups excluding carboxylic acids is 3. The molecule has 6 aliphatic rings. The Morgan fingerprint density at radius 3 is 2.53 bits per heavy atom. The number of imide groups is 2. The fourth-order valence-electron chi connectivity index (χ4n) is 9.74. The van der Waals surface area contributed by atoms with E-state index < -0.39 is 11.4 Å². The van der Waals surface area contributed by atoms with Gasteiger partial charge in [-0.25, -0.2) is 9.69 Å². The number of nitrogens with two attached hydrogens (primary N) is 1. The lowest BCUT2D eigenvalue weighted by atomic mass is 9.54. The van der Waals surface area contributed by atoms with Gasteiger partial charge in [0, 0.05) is 31.0 Å². The topological polar surface area (TPSA) is 86.3 Å². The molecule has 3 N–H and O–H groups in total. The van der Waals surface area contributed by atoms with Gasteiger partial charge in [-0.2, -0.15) is 0 Å². The normalized spacial score (nSPS) is 50.0. The number of hydrogen-bond acceptors (Lipinski definition) is 4. The molecule has 2 saturated carbocycles. The van der Waals surface area contributed by atoms with Crippen LogP contribution in [0.5, 0.6) is 0 Å². The number of quaternary nitrogens is 1. The van der Waals surface area contributed by atoms with E-state index in [0.29, 0.717) is 36.5 Å². The van der Waals surface area contributed by atoms with Crippen LogP contribution in [-0.2, 0) is 9.59 Å². The molecule has 0 aromatic carbocycles. The Kier molecular flexibility index (Phi) is 4.32. The van der Waals surface area contributed by atoms with Gasteiger partial charge in [0.25, 0.3) is 0 Å². The summed E-state index contributed by atoms with van der Waals surface area (Å²) in [6.07, 6.45) is 10.4. The number of nitrogens with zero attached hydrogens (tertiary/aromatic N) is 2. The van der Waals surface area contributed by atoms with Crippen molar-refractivity contribution < 1.29 is 19.7 Å². The third kappa shape index (κ3) is 2.64. The van der Waals surface area contributed by atoms with Crippen LogP contribution >= 0.6 is 0 Å². The van der Waals surface area contributed by atoms with Crippen LogP contribution in [0.2, 0.25) is 0 Å². The molecule has 7 nitrogen and oxygen atoms in total. The van der Waals surface area contributed by atoms with Crippen LogP contribution in [-0.4, -0.2) is 59.0 Å². The highest BCUT2D eigenvalue weighted by molar-refractivity contribution is 6.19. The molecule has 2 aliphatic carbocycles. The van der Waals surface area contributed by atoms with E-state index in [1.807, 2.05) is 0 Å². The molecule has 4 saturated heterocycles. The second kappa shape index (κ2) is 6.56. The average molecular weight is 444 g/mol. The van der Waals surface area contributed by atoms with Crippen LogP contribution in [0.3, 0.4) is 0 Å². The van der Waals surface area contributed by atoms with Crippen molar-refractivity contribution in [2.45, 2.75) is 103 Å². The summed E-state index contributed by atoms with van der Waals surface area (Å²) in [6.45, 7) is 7.01. The van der Waals surface area contributed by atoms with E-state index in [9.17, 15) is 14.4 Å². The third-order valence-electron chi connectivity index (χ3n) is 10.3. The first kappa shape index (κ1) is 21.1. The molecule has 8 atom stereocenters. The Bertz CT molecular complexity index is 888. The van der Waals surface area contributed by atoms with E-state index in [2.05, 4.69) is 36.3 Å². The second-order valence-electron chi connectivity index (χ2n) is 13.1. The first-order valence-corrected chi connectivity index (χ1v) is 12.8. The molecule has 0 aromatic rings. The van der Waals surface area contributed by atoms with Gasteiger partial charge in [0.1, 0.15) is 11.6 Å². The number of nitrogens with one attached hydrogen (secondary N) is 1. The summed E-state index contributed by atoms with van der Waals surface area (Å²) < 4.78 is 0. The van der Waals surface area contributed by atoms with Crippen LogP contribution in [0, 0.1) is 28.1 Å². The van der Waals surface area contributed by atoms with Gasteiger partial charge in [-0.05, 0) is 62.2 Å². The summed E-state index contributed by atoms with van der Waals surface area (Å²) in [5.41, 5.74) is -1.07. The lowest BCUT2D eigenvalue weighted by Crippen LogP contribution is -3.04. The molecule has 6 rings (SSSR count). The maximum Gasteiger partial charge on any atom is 0.330 e. The minimum atomic E-state index is -1.15. The van der Waals surface area contributed by atoms with Crippen molar-refractivity contribution in [2.75, 3.05) is 7.05 Å². The van der Waals surface area contributed by atoms with E-state index in [-0.39, 0.29) is 28.7 Å². The highest BCUT2D eigenvalue weighted by atomic mass is 16.2. The molecule has 4 unspecified atom stereocenters. The standard InChI is InChI=1S/C25H38N4O3/c1-23(2)11-16-12-24(3,13-23)19-25(20(30)27-22(32)28(4)21(25)31)10-15-9-14-7-5-6-8-17(14)26-18(15)29(16)19/h14-19,26H,5-13H2,1-4H3,(H,27,30,32)/p+1/t14?,15?,16-,17?,18?,19+,24-,25+/m1/s1. The van der Waals surface area contributed by atoms with Crippen molar-refractivity contribution >= 4 is 17.8 Å². The van der Waals surface area contributed by atoms with Crippen LogP contribution in [0.4, 0.5) is 4.79 Å². The van der Waals surface area contributed by atoms with Crippen molar-refractivity contribution in [1.29, 1.82) is 0 Å². The lowest BCUT2D eigenvalue weighted by molar-refractivity contribution is -0.768. The summed E-state index contributed by atoms with van der Waals surface area (Å²) >= 11 is 0. The van der Waals surface area contributed by atoms with Crippen LogP contribution in [0.1, 0.15) is 78.6 Å². The maximum atomic E-state index is 13.9. The van der Waals surface area contributed by atoms with E-state index in [1.54, 1.807) is 7.05 Å². The molecule has 4 amide bonds. The zero-order valence-electron chi connectivity index (χ0n) is 20.0. The molecule has 176 valence electrons. The molecule has 2 bridgehead atoms. The predicted octanol–water partition coefficient (Wildman–Crippen LogP) is 1.82. The van der Waals surface area contributed by atoms with E-state index in [1.165, 1.54) is 30.6 Å². The van der Waals surface area contributed by atoms with Gasteiger partial charge in [0.2, 0.25) is 11.8 Å². The first-order valence-electron chi connectivity index (χ1n) is 12.8. The number of rotatable bonds is 0. The smallest absolute Gasteiger partial charge is 0.328 e. The Balaban J connectivity index is 1.49. The van der Waals surface area contributed by atoms with Crippen molar-refractivity contribution in [1.82, 2.24) is 15.1 Å². The van der Waals surface area contributed by atoms with Crippen LogP contribution in [0.25, 0.3) is 0 Å². The molecule has 4 aliphatic heterocycles. The van der Waals surface area contributed by atoms with Gasteiger partial charge in [0.15, 0.2) is 0 Å². The molecule has 6 fully saturated rings. The summed E-state index contributed by atoms with van der Waals surface area (Å²) in [5, 5.41) is 5.24. The van der Waals surface area contributed by atoms with Crippen molar-refractivity contribution in [3.05, 3.63) is 0 Å². The second-order valence-corrected chi connectivity index (χ2v) is 13.1. The van der Waals surface area contributed by atoms with Crippen molar-refractivity contribution in [2.24, 2.45) is 28.1 Å². The largest absolute Gasteiger partial charge is 0.330 e.